The summed E-state index contributed by atoms with van der Waals surface area (Å²) >= 11 is 0. The van der Waals surface area contributed by atoms with Crippen molar-refractivity contribution in [3.05, 3.63) is 68.6 Å². The van der Waals surface area contributed by atoms with E-state index in [1.165, 1.54) is 95.0 Å². The maximum atomic E-state index is 5.89. The SMILES string of the molecule is C#CCc1c(C)c2c(c3c1C(C)(CCCCCCCC)c1cc(C)ccc1-3)C=C=C=C2. The molecule has 4 rings (SSSR count). The van der Waals surface area contributed by atoms with Crippen LogP contribution in [0.5, 0.6) is 0 Å². The number of terminal acetylenes is 1. The van der Waals surface area contributed by atoms with Gasteiger partial charge in [0, 0.05) is 11.8 Å². The molecule has 0 nitrogen and oxygen atoms in total. The zero-order valence-electron chi connectivity index (χ0n) is 19.6. The highest BCUT2D eigenvalue weighted by atomic mass is 14.5. The molecule has 0 aliphatic heterocycles. The van der Waals surface area contributed by atoms with Gasteiger partial charge >= 0.3 is 0 Å². The summed E-state index contributed by atoms with van der Waals surface area (Å²) in [6, 6.07) is 7.01. The van der Waals surface area contributed by atoms with Gasteiger partial charge in [-0.15, -0.1) is 12.3 Å². The van der Waals surface area contributed by atoms with Gasteiger partial charge in [-0.25, -0.2) is 0 Å². The summed E-state index contributed by atoms with van der Waals surface area (Å²) in [5.74, 6) is 2.97. The van der Waals surface area contributed by atoms with Crippen molar-refractivity contribution in [1.82, 2.24) is 0 Å². The van der Waals surface area contributed by atoms with Gasteiger partial charge in [0.15, 0.2) is 0 Å². The predicted octanol–water partition coefficient (Wildman–Crippen LogP) is 8.31. The van der Waals surface area contributed by atoms with Gasteiger partial charge in [-0.1, -0.05) is 87.6 Å². The first-order valence-electron chi connectivity index (χ1n) is 11.9. The van der Waals surface area contributed by atoms with Crippen LogP contribution in [-0.2, 0) is 11.8 Å². The minimum Gasteiger partial charge on any atom is -0.120 e. The van der Waals surface area contributed by atoms with Crippen molar-refractivity contribution >= 4 is 12.2 Å². The van der Waals surface area contributed by atoms with Gasteiger partial charge in [0.25, 0.3) is 0 Å². The van der Waals surface area contributed by atoms with E-state index in [9.17, 15) is 0 Å². The summed E-state index contributed by atoms with van der Waals surface area (Å²) in [7, 11) is 0. The van der Waals surface area contributed by atoms with Crippen LogP contribution in [0.25, 0.3) is 23.3 Å². The van der Waals surface area contributed by atoms with E-state index in [0.717, 1.165) is 0 Å². The Morgan fingerprint density at radius 2 is 1.68 bits per heavy atom. The topological polar surface area (TPSA) is 0 Å². The van der Waals surface area contributed by atoms with Crippen molar-refractivity contribution in [3.63, 3.8) is 0 Å². The fourth-order valence-corrected chi connectivity index (χ4v) is 5.73. The molecule has 2 aromatic rings. The van der Waals surface area contributed by atoms with Crippen molar-refractivity contribution in [2.75, 3.05) is 0 Å². The van der Waals surface area contributed by atoms with E-state index in [1.54, 1.807) is 0 Å². The van der Waals surface area contributed by atoms with E-state index >= 15 is 0 Å². The first-order valence-corrected chi connectivity index (χ1v) is 11.9. The van der Waals surface area contributed by atoms with Gasteiger partial charge < -0.3 is 0 Å². The Bertz CT molecular complexity index is 1150. The Morgan fingerprint density at radius 1 is 0.968 bits per heavy atom. The Balaban J connectivity index is 1.87. The van der Waals surface area contributed by atoms with Gasteiger partial charge in [-0.3, -0.25) is 0 Å². The standard InChI is InChI=1S/C31H34/c1-6-8-9-10-11-14-20-31(5)28-21-22(3)18-19-27(28)29-26-17-13-12-16-24(26)23(4)25(15-7-2)30(29)31/h2,16-19,21H,6,8-11,14-15,20H2,1,3-5H3. The minimum absolute atomic E-state index is 0.00608. The van der Waals surface area contributed by atoms with Gasteiger partial charge in [-0.2, -0.15) is 0 Å². The van der Waals surface area contributed by atoms with Gasteiger partial charge in [0.1, 0.15) is 0 Å². The van der Waals surface area contributed by atoms with Gasteiger partial charge in [-0.05, 0) is 76.9 Å². The van der Waals surface area contributed by atoms with Crippen molar-refractivity contribution < 1.29 is 0 Å². The molecule has 0 radical (unpaired) electrons. The molecule has 158 valence electrons. The smallest absolute Gasteiger partial charge is 0.0343 e. The Kier molecular flexibility index (Phi) is 6.12. The van der Waals surface area contributed by atoms with Crippen molar-refractivity contribution in [3.8, 4) is 23.5 Å². The van der Waals surface area contributed by atoms with Gasteiger partial charge in [0.2, 0.25) is 0 Å². The molecule has 1 atom stereocenters. The van der Waals surface area contributed by atoms with Crippen LogP contribution >= 0.6 is 0 Å². The van der Waals surface area contributed by atoms with Crippen LogP contribution < -0.4 is 0 Å². The molecule has 0 heterocycles. The highest BCUT2D eigenvalue weighted by molar-refractivity contribution is 5.93. The van der Waals surface area contributed by atoms with E-state index in [2.05, 4.69) is 75.4 Å². The van der Waals surface area contributed by atoms with E-state index in [1.807, 2.05) is 0 Å². The number of hydrogen-bond donors (Lipinski definition) is 0. The third-order valence-electron chi connectivity index (χ3n) is 7.38. The Hall–Kier alpha value is -2.70. The molecule has 2 aromatic carbocycles. The molecule has 0 fully saturated rings. The van der Waals surface area contributed by atoms with Crippen molar-refractivity contribution in [2.45, 2.75) is 84.5 Å². The molecule has 31 heavy (non-hydrogen) atoms. The summed E-state index contributed by atoms with van der Waals surface area (Å²) in [4.78, 5) is 0. The monoisotopic (exact) mass is 406 g/mol. The second-order valence-electron chi connectivity index (χ2n) is 9.54. The number of rotatable bonds is 8. The number of hydrogen-bond acceptors (Lipinski definition) is 0. The molecule has 2 aliphatic carbocycles. The van der Waals surface area contributed by atoms with Crippen LogP contribution in [0.15, 0.2) is 29.7 Å². The zero-order chi connectivity index (χ0) is 22.0. The van der Waals surface area contributed by atoms with Crippen LogP contribution in [0.1, 0.15) is 97.7 Å². The quantitative estimate of drug-likeness (QED) is 0.200. The molecule has 0 heteroatoms. The molecule has 0 amide bonds. The van der Waals surface area contributed by atoms with E-state index in [4.69, 9.17) is 6.42 Å². The fourth-order valence-electron chi connectivity index (χ4n) is 5.73. The van der Waals surface area contributed by atoms with E-state index < -0.39 is 0 Å². The maximum absolute atomic E-state index is 5.89. The van der Waals surface area contributed by atoms with Crippen molar-refractivity contribution in [1.29, 1.82) is 0 Å². The molecule has 0 saturated carbocycles. The Morgan fingerprint density at radius 3 is 2.42 bits per heavy atom. The summed E-state index contributed by atoms with van der Waals surface area (Å²) in [6.07, 6.45) is 19.9. The lowest BCUT2D eigenvalue weighted by Crippen LogP contribution is -2.23. The van der Waals surface area contributed by atoms with Crippen molar-refractivity contribution in [2.24, 2.45) is 0 Å². The largest absolute Gasteiger partial charge is 0.120 e. The molecule has 0 N–H and O–H groups in total. The summed E-state index contributed by atoms with van der Waals surface area (Å²) in [5, 5.41) is 0. The van der Waals surface area contributed by atoms with Crippen LogP contribution in [-0.4, -0.2) is 0 Å². The normalized spacial score (nSPS) is 17.4. The lowest BCUT2D eigenvalue weighted by atomic mass is 9.72. The van der Waals surface area contributed by atoms with E-state index in [-0.39, 0.29) is 5.41 Å². The lowest BCUT2D eigenvalue weighted by molar-refractivity contribution is 0.478. The molecule has 0 spiro atoms. The van der Waals surface area contributed by atoms with Crippen LogP contribution in [0, 0.1) is 26.2 Å². The molecular weight excluding hydrogens is 372 g/mol. The molecule has 1 unspecified atom stereocenters. The number of aryl methyl sites for hydroxylation is 1. The number of benzene rings is 2. The molecule has 2 aliphatic rings. The van der Waals surface area contributed by atoms with Crippen LogP contribution in [0.2, 0.25) is 0 Å². The van der Waals surface area contributed by atoms with E-state index in [0.29, 0.717) is 6.42 Å². The zero-order valence-corrected chi connectivity index (χ0v) is 19.6. The number of unbranched alkanes of at least 4 members (excludes halogenated alkanes) is 5. The first-order chi connectivity index (χ1) is 15.0. The fraction of sp³-hybridized carbons (Fsp3) is 0.419. The Labute approximate surface area is 188 Å². The van der Waals surface area contributed by atoms with Crippen LogP contribution in [0.3, 0.4) is 0 Å². The molecule has 0 saturated heterocycles. The average molecular weight is 407 g/mol. The minimum atomic E-state index is 0.00608. The number of fused-ring (bicyclic) bond motifs is 5. The maximum Gasteiger partial charge on any atom is 0.0343 e. The highest BCUT2D eigenvalue weighted by Gasteiger charge is 2.42. The summed E-state index contributed by atoms with van der Waals surface area (Å²) in [6.45, 7) is 9.20. The molecule has 0 aromatic heterocycles. The second kappa shape index (κ2) is 8.81. The highest BCUT2D eigenvalue weighted by Crippen LogP contribution is 2.56. The van der Waals surface area contributed by atoms with Gasteiger partial charge in [0.05, 0.1) is 0 Å². The molecule has 0 bridgehead atoms. The van der Waals surface area contributed by atoms with Crippen LogP contribution in [0.4, 0.5) is 0 Å². The second-order valence-corrected chi connectivity index (χ2v) is 9.54. The summed E-state index contributed by atoms with van der Waals surface area (Å²) < 4.78 is 0. The predicted molar refractivity (Wildman–Crippen MR) is 134 cm³/mol. The summed E-state index contributed by atoms with van der Waals surface area (Å²) in [5.41, 5.74) is 18.7. The molecular formula is C31H34. The third kappa shape index (κ3) is 3.64. The lowest BCUT2D eigenvalue weighted by Gasteiger charge is -2.31. The average Bonchev–Trinajstić information content (AvgIpc) is 3.02. The third-order valence-corrected chi connectivity index (χ3v) is 7.38. The first kappa shape index (κ1) is 21.5.